The molecule has 0 saturated carbocycles. The minimum absolute atomic E-state index is 0.235. The molecule has 0 spiro atoms. The van der Waals surface area contributed by atoms with Crippen LogP contribution in [0.5, 0.6) is 0 Å². The monoisotopic (exact) mass is 322 g/mol. The van der Waals surface area contributed by atoms with Crippen molar-refractivity contribution in [2.24, 2.45) is 0 Å². The van der Waals surface area contributed by atoms with E-state index in [9.17, 15) is 4.79 Å². The Morgan fingerprint density at radius 3 is 2.50 bits per heavy atom. The normalized spacial score (nSPS) is 10.6. The number of hydrogen-bond donors (Lipinski definition) is 1. The van der Waals surface area contributed by atoms with E-state index in [1.807, 2.05) is 61.5 Å². The lowest BCUT2D eigenvalue weighted by Gasteiger charge is -2.08. The summed E-state index contributed by atoms with van der Waals surface area (Å²) < 4.78 is 6.84. The second-order valence-electron chi connectivity index (χ2n) is 5.39. The molecule has 3 rings (SSSR count). The van der Waals surface area contributed by atoms with Crippen molar-refractivity contribution in [1.82, 2.24) is 15.0 Å². The quantitative estimate of drug-likeness (QED) is 0.784. The SMILES string of the molecule is COCc1c(C(=O)Nc2ccc(C)cc2)nnn1-c1ccccc1. The first-order valence-electron chi connectivity index (χ1n) is 7.56. The zero-order valence-electron chi connectivity index (χ0n) is 13.6. The van der Waals surface area contributed by atoms with E-state index in [0.29, 0.717) is 11.4 Å². The number of carbonyl (C=O) groups excluding carboxylic acids is 1. The molecule has 0 bridgehead atoms. The maximum Gasteiger partial charge on any atom is 0.278 e. The standard InChI is InChI=1S/C18H18N4O2/c1-13-8-10-14(11-9-13)19-18(23)17-16(12-24-2)22(21-20-17)15-6-4-3-5-7-15/h3-11H,12H2,1-2H3,(H,19,23). The Morgan fingerprint density at radius 1 is 1.12 bits per heavy atom. The fraction of sp³-hybridized carbons (Fsp3) is 0.167. The van der Waals surface area contributed by atoms with E-state index in [1.54, 1.807) is 11.8 Å². The van der Waals surface area contributed by atoms with Gasteiger partial charge in [0, 0.05) is 12.8 Å². The van der Waals surface area contributed by atoms with Crippen LogP contribution >= 0.6 is 0 Å². The van der Waals surface area contributed by atoms with Gasteiger partial charge in [-0.25, -0.2) is 4.68 Å². The molecule has 6 heteroatoms. The number of amides is 1. The molecular weight excluding hydrogens is 304 g/mol. The van der Waals surface area contributed by atoms with Gasteiger partial charge in [0.25, 0.3) is 5.91 Å². The van der Waals surface area contributed by atoms with Gasteiger partial charge >= 0.3 is 0 Å². The predicted octanol–water partition coefficient (Wildman–Crippen LogP) is 2.97. The molecule has 0 aliphatic carbocycles. The van der Waals surface area contributed by atoms with E-state index < -0.39 is 0 Å². The summed E-state index contributed by atoms with van der Waals surface area (Å²) in [6, 6.07) is 17.1. The first kappa shape index (κ1) is 15.9. The van der Waals surface area contributed by atoms with Gasteiger partial charge in [-0.2, -0.15) is 0 Å². The molecule has 6 nitrogen and oxygen atoms in total. The van der Waals surface area contributed by atoms with Crippen LogP contribution in [0.25, 0.3) is 5.69 Å². The Hall–Kier alpha value is -2.99. The highest BCUT2D eigenvalue weighted by Gasteiger charge is 2.20. The molecule has 122 valence electrons. The number of hydrogen-bond acceptors (Lipinski definition) is 4. The number of benzene rings is 2. The summed E-state index contributed by atoms with van der Waals surface area (Å²) in [5.74, 6) is -0.312. The van der Waals surface area contributed by atoms with Crippen molar-refractivity contribution in [3.8, 4) is 5.69 Å². The third kappa shape index (κ3) is 3.33. The Labute approximate surface area is 140 Å². The van der Waals surface area contributed by atoms with Crippen LogP contribution < -0.4 is 5.32 Å². The second-order valence-corrected chi connectivity index (χ2v) is 5.39. The van der Waals surface area contributed by atoms with Gasteiger partial charge in [0.2, 0.25) is 0 Å². The number of ether oxygens (including phenoxy) is 1. The van der Waals surface area contributed by atoms with Gasteiger partial charge in [-0.05, 0) is 31.2 Å². The van der Waals surface area contributed by atoms with Crippen molar-refractivity contribution in [2.45, 2.75) is 13.5 Å². The molecule has 24 heavy (non-hydrogen) atoms. The van der Waals surface area contributed by atoms with Crippen LogP contribution in [0.1, 0.15) is 21.7 Å². The molecular formula is C18H18N4O2. The lowest BCUT2D eigenvalue weighted by atomic mass is 10.2. The van der Waals surface area contributed by atoms with E-state index in [0.717, 1.165) is 11.3 Å². The van der Waals surface area contributed by atoms with E-state index in [4.69, 9.17) is 4.74 Å². The molecule has 0 aliphatic rings. The lowest BCUT2D eigenvalue weighted by molar-refractivity contribution is 0.101. The number of carbonyl (C=O) groups is 1. The van der Waals surface area contributed by atoms with E-state index in [1.165, 1.54) is 0 Å². The highest BCUT2D eigenvalue weighted by atomic mass is 16.5. The van der Waals surface area contributed by atoms with Crippen molar-refractivity contribution in [2.75, 3.05) is 12.4 Å². The molecule has 0 atom stereocenters. The number of nitrogens with zero attached hydrogens (tertiary/aromatic N) is 3. The second kappa shape index (κ2) is 7.06. The molecule has 1 heterocycles. The van der Waals surface area contributed by atoms with Gasteiger partial charge in [0.15, 0.2) is 5.69 Å². The van der Waals surface area contributed by atoms with Crippen LogP contribution in [0.4, 0.5) is 5.69 Å². The minimum Gasteiger partial charge on any atom is -0.378 e. The van der Waals surface area contributed by atoms with Crippen molar-refractivity contribution in [3.05, 3.63) is 71.5 Å². The minimum atomic E-state index is -0.312. The van der Waals surface area contributed by atoms with Gasteiger partial charge < -0.3 is 10.1 Å². The molecule has 3 aromatic rings. The van der Waals surface area contributed by atoms with Crippen LogP contribution in [0.2, 0.25) is 0 Å². The summed E-state index contributed by atoms with van der Waals surface area (Å²) in [5, 5.41) is 11.0. The molecule has 2 aromatic carbocycles. The summed E-state index contributed by atoms with van der Waals surface area (Å²) in [7, 11) is 1.57. The Kier molecular flexibility index (Phi) is 4.67. The highest BCUT2D eigenvalue weighted by molar-refractivity contribution is 6.03. The topological polar surface area (TPSA) is 69.0 Å². The van der Waals surface area contributed by atoms with E-state index >= 15 is 0 Å². The van der Waals surface area contributed by atoms with Crippen molar-refractivity contribution in [3.63, 3.8) is 0 Å². The molecule has 1 N–H and O–H groups in total. The largest absolute Gasteiger partial charge is 0.378 e. The highest BCUT2D eigenvalue weighted by Crippen LogP contribution is 2.16. The van der Waals surface area contributed by atoms with Crippen molar-refractivity contribution >= 4 is 11.6 Å². The summed E-state index contributed by atoms with van der Waals surface area (Å²) in [5.41, 5.74) is 3.52. The summed E-state index contributed by atoms with van der Waals surface area (Å²) >= 11 is 0. The van der Waals surface area contributed by atoms with Gasteiger partial charge in [-0.3, -0.25) is 4.79 Å². The molecule has 1 amide bonds. The number of aromatic nitrogens is 3. The molecule has 0 aliphatic heterocycles. The number of methoxy groups -OCH3 is 1. The van der Waals surface area contributed by atoms with Crippen LogP contribution in [0.3, 0.4) is 0 Å². The maximum atomic E-state index is 12.6. The van der Waals surface area contributed by atoms with Gasteiger partial charge in [-0.15, -0.1) is 5.10 Å². The first-order valence-corrected chi connectivity index (χ1v) is 7.56. The lowest BCUT2D eigenvalue weighted by Crippen LogP contribution is -2.16. The molecule has 0 unspecified atom stereocenters. The van der Waals surface area contributed by atoms with Gasteiger partial charge in [0.1, 0.15) is 5.69 Å². The van der Waals surface area contributed by atoms with Crippen LogP contribution in [0.15, 0.2) is 54.6 Å². The smallest absolute Gasteiger partial charge is 0.278 e. The van der Waals surface area contributed by atoms with Gasteiger partial charge in [0.05, 0.1) is 12.3 Å². The summed E-state index contributed by atoms with van der Waals surface area (Å²) in [6.07, 6.45) is 0. The maximum absolute atomic E-state index is 12.6. The van der Waals surface area contributed by atoms with Crippen LogP contribution in [0, 0.1) is 6.92 Å². The van der Waals surface area contributed by atoms with Crippen molar-refractivity contribution < 1.29 is 9.53 Å². The van der Waals surface area contributed by atoms with E-state index in [-0.39, 0.29) is 18.2 Å². The number of rotatable bonds is 5. The average molecular weight is 322 g/mol. The summed E-state index contributed by atoms with van der Waals surface area (Å²) in [4.78, 5) is 12.6. The molecule has 1 aromatic heterocycles. The zero-order valence-corrected chi connectivity index (χ0v) is 13.6. The van der Waals surface area contributed by atoms with Gasteiger partial charge in [-0.1, -0.05) is 41.1 Å². The number of aryl methyl sites for hydroxylation is 1. The Bertz CT molecular complexity index is 826. The average Bonchev–Trinajstić information content (AvgIpc) is 3.02. The number of anilines is 1. The van der Waals surface area contributed by atoms with Crippen molar-refractivity contribution in [1.29, 1.82) is 0 Å². The van der Waals surface area contributed by atoms with E-state index in [2.05, 4.69) is 15.6 Å². The Balaban J connectivity index is 1.91. The third-order valence-electron chi connectivity index (χ3n) is 3.57. The number of nitrogens with one attached hydrogen (secondary N) is 1. The first-order chi connectivity index (χ1) is 11.7. The molecule has 0 radical (unpaired) electrons. The number of para-hydroxylation sites is 1. The third-order valence-corrected chi connectivity index (χ3v) is 3.57. The molecule has 0 fully saturated rings. The predicted molar refractivity (Wildman–Crippen MR) is 91.2 cm³/mol. The zero-order chi connectivity index (χ0) is 16.9. The van der Waals surface area contributed by atoms with Crippen LogP contribution in [-0.4, -0.2) is 28.0 Å². The fourth-order valence-electron chi connectivity index (χ4n) is 2.35. The fourth-order valence-corrected chi connectivity index (χ4v) is 2.35. The Morgan fingerprint density at radius 2 is 1.83 bits per heavy atom. The summed E-state index contributed by atoms with van der Waals surface area (Å²) in [6.45, 7) is 2.23. The molecule has 0 saturated heterocycles. The van der Waals surface area contributed by atoms with Crippen LogP contribution in [-0.2, 0) is 11.3 Å².